The standard InChI is InChI=1S/C23H29N3O7S/c1-16-7-8-18(15-21(16)34(30,31)26-10-13-32-14-11-26)25-22(28)17(2)33-23(29)19-5-3-4-6-20(19)24-9-12-27/h3-8,15,17,24,27H,9-14H2,1-2H3,(H,25,28). The highest BCUT2D eigenvalue weighted by molar-refractivity contribution is 7.89. The van der Waals surface area contributed by atoms with Crippen molar-refractivity contribution in [2.45, 2.75) is 24.8 Å². The van der Waals surface area contributed by atoms with Crippen LogP contribution in [0.4, 0.5) is 11.4 Å². The van der Waals surface area contributed by atoms with Crippen molar-refractivity contribution in [2.24, 2.45) is 0 Å². The van der Waals surface area contributed by atoms with Gasteiger partial charge >= 0.3 is 5.97 Å². The second-order valence-corrected chi connectivity index (χ2v) is 9.64. The predicted molar refractivity (Wildman–Crippen MR) is 126 cm³/mol. The third-order valence-electron chi connectivity index (χ3n) is 5.27. The number of hydrogen-bond donors (Lipinski definition) is 3. The summed E-state index contributed by atoms with van der Waals surface area (Å²) in [7, 11) is -3.75. The predicted octanol–water partition coefficient (Wildman–Crippen LogP) is 1.60. The number of morpholine rings is 1. The third-order valence-corrected chi connectivity index (χ3v) is 7.31. The largest absolute Gasteiger partial charge is 0.449 e. The van der Waals surface area contributed by atoms with E-state index in [1.54, 1.807) is 43.3 Å². The lowest BCUT2D eigenvalue weighted by Gasteiger charge is -2.27. The number of aliphatic hydroxyl groups excluding tert-OH is 1. The summed E-state index contributed by atoms with van der Waals surface area (Å²) >= 11 is 0. The zero-order valence-corrected chi connectivity index (χ0v) is 19.9. The summed E-state index contributed by atoms with van der Waals surface area (Å²) in [6.45, 7) is 4.44. The topological polar surface area (TPSA) is 134 Å². The van der Waals surface area contributed by atoms with E-state index in [1.807, 2.05) is 0 Å². The van der Waals surface area contributed by atoms with Crippen molar-refractivity contribution < 1.29 is 32.6 Å². The molecule has 10 nitrogen and oxygen atoms in total. The summed E-state index contributed by atoms with van der Waals surface area (Å²) < 4.78 is 38.0. The maximum atomic E-state index is 13.1. The van der Waals surface area contributed by atoms with Gasteiger partial charge in [-0.3, -0.25) is 4.79 Å². The Morgan fingerprint density at radius 1 is 1.18 bits per heavy atom. The highest BCUT2D eigenvalue weighted by atomic mass is 32.2. The quantitative estimate of drug-likeness (QED) is 0.451. The second-order valence-electron chi connectivity index (χ2n) is 7.73. The molecule has 3 rings (SSSR count). The van der Waals surface area contributed by atoms with Gasteiger partial charge in [-0.15, -0.1) is 0 Å². The SMILES string of the molecule is Cc1ccc(NC(=O)C(C)OC(=O)c2ccccc2NCCO)cc1S(=O)(=O)N1CCOCC1. The van der Waals surface area contributed by atoms with Gasteiger partial charge < -0.3 is 25.2 Å². The summed E-state index contributed by atoms with van der Waals surface area (Å²) in [4.78, 5) is 25.4. The van der Waals surface area contributed by atoms with E-state index in [2.05, 4.69) is 10.6 Å². The zero-order valence-electron chi connectivity index (χ0n) is 19.1. The molecular weight excluding hydrogens is 462 g/mol. The Labute approximate surface area is 198 Å². The van der Waals surface area contributed by atoms with Gasteiger partial charge in [0.1, 0.15) is 0 Å². The average molecular weight is 492 g/mol. The number of rotatable bonds is 9. The van der Waals surface area contributed by atoms with Gasteiger partial charge in [-0.2, -0.15) is 4.31 Å². The molecular formula is C23H29N3O7S. The van der Waals surface area contributed by atoms with Gasteiger partial charge in [-0.1, -0.05) is 18.2 Å². The van der Waals surface area contributed by atoms with Crippen LogP contribution in [0.5, 0.6) is 0 Å². The number of esters is 1. The van der Waals surface area contributed by atoms with Crippen molar-refractivity contribution in [1.82, 2.24) is 4.31 Å². The number of anilines is 2. The Hall–Kier alpha value is -2.99. The van der Waals surface area contributed by atoms with Crippen LogP contribution in [-0.4, -0.2) is 75.3 Å². The van der Waals surface area contributed by atoms with Crippen LogP contribution in [-0.2, 0) is 24.3 Å². The lowest BCUT2D eigenvalue weighted by atomic mass is 10.1. The number of aliphatic hydroxyl groups is 1. The summed E-state index contributed by atoms with van der Waals surface area (Å²) in [5.74, 6) is -1.31. The maximum Gasteiger partial charge on any atom is 0.341 e. The van der Waals surface area contributed by atoms with Crippen molar-refractivity contribution in [3.63, 3.8) is 0 Å². The smallest absolute Gasteiger partial charge is 0.341 e. The fourth-order valence-corrected chi connectivity index (χ4v) is 5.07. The molecule has 1 atom stereocenters. The average Bonchev–Trinajstić information content (AvgIpc) is 2.84. The van der Waals surface area contributed by atoms with Crippen LogP contribution in [0.15, 0.2) is 47.4 Å². The molecule has 0 aliphatic carbocycles. The molecule has 0 spiro atoms. The number of sulfonamides is 1. The van der Waals surface area contributed by atoms with E-state index in [9.17, 15) is 18.0 Å². The van der Waals surface area contributed by atoms with Crippen LogP contribution in [0.3, 0.4) is 0 Å². The molecule has 1 unspecified atom stereocenters. The number of ether oxygens (including phenoxy) is 2. The lowest BCUT2D eigenvalue weighted by molar-refractivity contribution is -0.123. The van der Waals surface area contributed by atoms with Crippen LogP contribution < -0.4 is 10.6 Å². The molecule has 1 aliphatic rings. The van der Waals surface area contributed by atoms with Crippen LogP contribution >= 0.6 is 0 Å². The van der Waals surface area contributed by atoms with Gasteiger partial charge in [-0.05, 0) is 43.7 Å². The normalized spacial score (nSPS) is 15.4. The maximum absolute atomic E-state index is 13.1. The van der Waals surface area contributed by atoms with Crippen LogP contribution in [0, 0.1) is 6.92 Å². The number of carbonyl (C=O) groups is 2. The van der Waals surface area contributed by atoms with Gasteiger partial charge in [0.25, 0.3) is 5.91 Å². The Morgan fingerprint density at radius 3 is 2.59 bits per heavy atom. The monoisotopic (exact) mass is 491 g/mol. The van der Waals surface area contributed by atoms with E-state index in [0.29, 0.717) is 24.5 Å². The fourth-order valence-electron chi connectivity index (χ4n) is 3.41. The first-order valence-corrected chi connectivity index (χ1v) is 12.3. The Bertz CT molecular complexity index is 1130. The van der Waals surface area contributed by atoms with Gasteiger partial charge in [0.15, 0.2) is 6.10 Å². The van der Waals surface area contributed by atoms with Gasteiger partial charge in [0.2, 0.25) is 10.0 Å². The number of benzene rings is 2. The van der Waals surface area contributed by atoms with Crippen molar-refractivity contribution in [3.05, 3.63) is 53.6 Å². The summed E-state index contributed by atoms with van der Waals surface area (Å²) in [5.41, 5.74) is 1.53. The van der Waals surface area contributed by atoms with E-state index < -0.39 is 28.0 Å². The zero-order chi connectivity index (χ0) is 24.7. The van der Waals surface area contributed by atoms with E-state index >= 15 is 0 Å². The highest BCUT2D eigenvalue weighted by Crippen LogP contribution is 2.25. The molecule has 1 fully saturated rings. The van der Waals surface area contributed by atoms with Gasteiger partial charge in [0.05, 0.1) is 30.3 Å². The van der Waals surface area contributed by atoms with Crippen molar-refractivity contribution in [1.29, 1.82) is 0 Å². The minimum absolute atomic E-state index is 0.0979. The molecule has 1 heterocycles. The van der Waals surface area contributed by atoms with Gasteiger partial charge in [0, 0.05) is 31.0 Å². The van der Waals surface area contributed by atoms with Crippen molar-refractivity contribution >= 4 is 33.3 Å². The molecule has 0 saturated carbocycles. The Morgan fingerprint density at radius 2 is 1.88 bits per heavy atom. The first-order valence-electron chi connectivity index (χ1n) is 10.9. The summed E-state index contributed by atoms with van der Waals surface area (Å²) in [5, 5.41) is 14.5. The molecule has 3 N–H and O–H groups in total. The van der Waals surface area contributed by atoms with E-state index in [-0.39, 0.29) is 42.4 Å². The van der Waals surface area contributed by atoms with Crippen LogP contribution in [0.25, 0.3) is 0 Å². The van der Waals surface area contributed by atoms with Gasteiger partial charge in [-0.25, -0.2) is 13.2 Å². The molecule has 0 bridgehead atoms. The van der Waals surface area contributed by atoms with Crippen molar-refractivity contribution in [3.8, 4) is 0 Å². The molecule has 34 heavy (non-hydrogen) atoms. The molecule has 0 radical (unpaired) electrons. The van der Waals surface area contributed by atoms with Crippen molar-refractivity contribution in [2.75, 3.05) is 50.1 Å². The fraction of sp³-hybridized carbons (Fsp3) is 0.391. The molecule has 2 aromatic rings. The molecule has 2 aromatic carbocycles. The number of nitrogens with one attached hydrogen (secondary N) is 2. The Kier molecular flexibility index (Phi) is 8.61. The summed E-state index contributed by atoms with van der Waals surface area (Å²) in [6, 6.07) is 11.2. The number of para-hydroxylation sites is 1. The first-order chi connectivity index (χ1) is 16.2. The van der Waals surface area contributed by atoms with Crippen LogP contribution in [0.2, 0.25) is 0 Å². The number of amides is 1. The highest BCUT2D eigenvalue weighted by Gasteiger charge is 2.28. The summed E-state index contributed by atoms with van der Waals surface area (Å²) in [6.07, 6.45) is -1.14. The lowest BCUT2D eigenvalue weighted by Crippen LogP contribution is -2.40. The number of aryl methyl sites for hydroxylation is 1. The third kappa shape index (κ3) is 6.11. The van der Waals surface area contributed by atoms with E-state index in [4.69, 9.17) is 14.6 Å². The number of carbonyl (C=O) groups excluding carboxylic acids is 2. The molecule has 184 valence electrons. The first kappa shape index (κ1) is 25.6. The number of hydrogen-bond acceptors (Lipinski definition) is 8. The number of nitrogens with zero attached hydrogens (tertiary/aromatic N) is 1. The minimum Gasteiger partial charge on any atom is -0.449 e. The van der Waals surface area contributed by atoms with E-state index in [0.717, 1.165) is 0 Å². The molecule has 1 saturated heterocycles. The molecule has 1 amide bonds. The minimum atomic E-state index is -3.75. The van der Waals surface area contributed by atoms with Crippen LogP contribution in [0.1, 0.15) is 22.8 Å². The molecule has 11 heteroatoms. The molecule has 1 aliphatic heterocycles. The Balaban J connectivity index is 1.70. The second kappa shape index (κ2) is 11.4. The van der Waals surface area contributed by atoms with E-state index in [1.165, 1.54) is 17.3 Å². The molecule has 0 aromatic heterocycles.